The van der Waals surface area contributed by atoms with Gasteiger partial charge in [0, 0.05) is 11.3 Å². The van der Waals surface area contributed by atoms with E-state index in [1.807, 2.05) is 0 Å². The van der Waals surface area contributed by atoms with Gasteiger partial charge in [0.05, 0.1) is 11.0 Å². The molecule has 5 nitrogen and oxygen atoms in total. The first-order valence-electron chi connectivity index (χ1n) is 5.61. The van der Waals surface area contributed by atoms with Gasteiger partial charge >= 0.3 is 11.9 Å². The molecule has 1 rings (SSSR count). The van der Waals surface area contributed by atoms with Gasteiger partial charge in [-0.15, -0.1) is 0 Å². The Morgan fingerprint density at radius 2 is 2.00 bits per heavy atom. The van der Waals surface area contributed by atoms with Crippen LogP contribution < -0.4 is 5.73 Å². The third-order valence-electron chi connectivity index (χ3n) is 2.76. The van der Waals surface area contributed by atoms with Gasteiger partial charge in [-0.1, -0.05) is 0 Å². The third-order valence-corrected chi connectivity index (χ3v) is 2.76. The van der Waals surface area contributed by atoms with E-state index < -0.39 is 23.2 Å². The molecule has 0 heterocycles. The minimum Gasteiger partial charge on any atom is -0.481 e. The molecule has 19 heavy (non-hydrogen) atoms. The predicted molar refractivity (Wildman–Crippen MR) is 67.2 cm³/mol. The molecular formula is C13H16FNO4. The summed E-state index contributed by atoms with van der Waals surface area (Å²) in [6, 6.07) is 2.32. The topological polar surface area (TPSA) is 89.6 Å². The molecule has 0 fully saturated rings. The Kier molecular flexibility index (Phi) is 4.14. The number of hydrogen-bond acceptors (Lipinski definition) is 4. The van der Waals surface area contributed by atoms with Crippen LogP contribution in [0.2, 0.25) is 0 Å². The molecule has 0 aliphatic rings. The minimum atomic E-state index is -1.20. The lowest BCUT2D eigenvalue weighted by Gasteiger charge is -2.18. The number of rotatable bonds is 4. The van der Waals surface area contributed by atoms with Crippen LogP contribution in [0, 0.1) is 18.2 Å². The van der Waals surface area contributed by atoms with E-state index >= 15 is 0 Å². The minimum absolute atomic E-state index is 0.0400. The van der Waals surface area contributed by atoms with Gasteiger partial charge in [0.1, 0.15) is 12.4 Å². The Balaban J connectivity index is 2.83. The molecule has 0 aliphatic carbocycles. The van der Waals surface area contributed by atoms with Crippen LogP contribution in [0.5, 0.6) is 0 Å². The lowest BCUT2D eigenvalue weighted by Crippen LogP contribution is -2.30. The number of nitrogens with two attached hydrogens (primary N) is 1. The zero-order valence-electron chi connectivity index (χ0n) is 11.0. The van der Waals surface area contributed by atoms with E-state index in [9.17, 15) is 14.0 Å². The van der Waals surface area contributed by atoms with Gasteiger partial charge in [-0.05, 0) is 32.9 Å². The van der Waals surface area contributed by atoms with Crippen molar-refractivity contribution in [2.24, 2.45) is 5.41 Å². The van der Waals surface area contributed by atoms with Crippen LogP contribution in [-0.4, -0.2) is 23.7 Å². The summed E-state index contributed by atoms with van der Waals surface area (Å²) in [5.41, 5.74) is 4.70. The number of benzene rings is 1. The molecule has 1 aromatic rings. The maximum atomic E-state index is 13.4. The summed E-state index contributed by atoms with van der Waals surface area (Å²) in [5, 5.41) is 8.88. The number of carboxylic acids is 1. The number of carbonyl (C=O) groups is 2. The van der Waals surface area contributed by atoms with Crippen molar-refractivity contribution >= 4 is 17.6 Å². The molecule has 0 spiro atoms. The van der Waals surface area contributed by atoms with Crippen LogP contribution in [0.3, 0.4) is 0 Å². The van der Waals surface area contributed by atoms with Crippen molar-refractivity contribution in [1.29, 1.82) is 0 Å². The highest BCUT2D eigenvalue weighted by atomic mass is 19.1. The summed E-state index contributed by atoms with van der Waals surface area (Å²) >= 11 is 0. The average Bonchev–Trinajstić information content (AvgIpc) is 2.32. The van der Waals surface area contributed by atoms with Gasteiger partial charge in [0.2, 0.25) is 0 Å². The maximum Gasteiger partial charge on any atom is 0.338 e. The molecule has 0 aliphatic heterocycles. The van der Waals surface area contributed by atoms with E-state index in [0.29, 0.717) is 0 Å². The number of ether oxygens (including phenoxy) is 1. The molecule has 1 aromatic carbocycles. The van der Waals surface area contributed by atoms with E-state index in [4.69, 9.17) is 15.6 Å². The summed E-state index contributed by atoms with van der Waals surface area (Å²) < 4.78 is 18.3. The number of hydrogen-bond donors (Lipinski definition) is 2. The van der Waals surface area contributed by atoms with Gasteiger partial charge in [0.15, 0.2) is 0 Å². The van der Waals surface area contributed by atoms with Gasteiger partial charge in [-0.3, -0.25) is 4.79 Å². The fourth-order valence-corrected chi connectivity index (χ4v) is 1.21. The Hall–Kier alpha value is -2.11. The number of halogens is 1. The second-order valence-corrected chi connectivity index (χ2v) is 4.94. The third kappa shape index (κ3) is 3.43. The highest BCUT2D eigenvalue weighted by Gasteiger charge is 2.29. The Labute approximate surface area is 110 Å². The predicted octanol–water partition coefficient (Wildman–Crippen LogP) is 1.98. The number of carboxylic acid groups (broad SMARTS) is 1. The molecule has 0 radical (unpaired) electrons. The molecule has 0 unspecified atom stereocenters. The average molecular weight is 269 g/mol. The van der Waals surface area contributed by atoms with E-state index in [1.165, 1.54) is 26.8 Å². The van der Waals surface area contributed by atoms with Crippen molar-refractivity contribution in [1.82, 2.24) is 0 Å². The van der Waals surface area contributed by atoms with Crippen molar-refractivity contribution in [2.75, 3.05) is 12.3 Å². The lowest BCUT2D eigenvalue weighted by atomic mass is 9.95. The fourth-order valence-electron chi connectivity index (χ4n) is 1.21. The summed E-state index contributed by atoms with van der Waals surface area (Å²) in [7, 11) is 0. The Morgan fingerprint density at radius 3 is 2.47 bits per heavy atom. The van der Waals surface area contributed by atoms with Crippen molar-refractivity contribution < 1.29 is 23.8 Å². The molecule has 0 amide bonds. The zero-order chi connectivity index (χ0) is 14.8. The number of anilines is 1. The van der Waals surface area contributed by atoms with Crippen LogP contribution in [0.15, 0.2) is 12.1 Å². The van der Waals surface area contributed by atoms with Gasteiger partial charge in [-0.2, -0.15) is 0 Å². The number of esters is 1. The molecule has 0 bridgehead atoms. The van der Waals surface area contributed by atoms with Gasteiger partial charge in [0.25, 0.3) is 0 Å². The first-order valence-corrected chi connectivity index (χ1v) is 5.61. The molecule has 0 atom stereocenters. The van der Waals surface area contributed by atoms with Crippen molar-refractivity contribution in [3.8, 4) is 0 Å². The molecule has 3 N–H and O–H groups in total. The van der Waals surface area contributed by atoms with E-state index in [2.05, 4.69) is 0 Å². The van der Waals surface area contributed by atoms with Crippen molar-refractivity contribution in [3.63, 3.8) is 0 Å². The van der Waals surface area contributed by atoms with Crippen molar-refractivity contribution in [2.45, 2.75) is 20.8 Å². The van der Waals surface area contributed by atoms with E-state index in [-0.39, 0.29) is 23.4 Å². The van der Waals surface area contributed by atoms with Crippen LogP contribution in [0.25, 0.3) is 0 Å². The van der Waals surface area contributed by atoms with Gasteiger partial charge in [-0.25, -0.2) is 9.18 Å². The Bertz CT molecular complexity index is 502. The normalized spacial score (nSPS) is 11.2. The van der Waals surface area contributed by atoms with E-state index in [0.717, 1.165) is 6.07 Å². The number of carbonyl (C=O) groups excluding carboxylic acids is 1. The van der Waals surface area contributed by atoms with Gasteiger partial charge < -0.3 is 15.6 Å². The molecule has 6 heteroatoms. The maximum absolute atomic E-state index is 13.4. The summed E-state index contributed by atoms with van der Waals surface area (Å²) in [6.45, 7) is 4.03. The molecule has 0 saturated carbocycles. The SMILES string of the molecule is Cc1c(N)cc(C(=O)OCC(C)(C)C(=O)O)cc1F. The van der Waals surface area contributed by atoms with Crippen molar-refractivity contribution in [3.05, 3.63) is 29.1 Å². The number of aliphatic carboxylic acids is 1. The first-order chi connectivity index (χ1) is 8.65. The van der Waals surface area contributed by atoms with Crippen LogP contribution in [-0.2, 0) is 9.53 Å². The summed E-state index contributed by atoms with van der Waals surface area (Å²) in [6.07, 6.45) is 0. The second-order valence-electron chi connectivity index (χ2n) is 4.94. The standard InChI is InChI=1S/C13H16FNO4/c1-7-9(14)4-8(5-10(7)15)11(16)19-6-13(2,3)12(17)18/h4-5H,6,15H2,1-3H3,(H,17,18). The first kappa shape index (κ1) is 14.9. The lowest BCUT2D eigenvalue weighted by molar-refractivity contribution is -0.149. The summed E-state index contributed by atoms with van der Waals surface area (Å²) in [4.78, 5) is 22.5. The molecule has 104 valence electrons. The van der Waals surface area contributed by atoms with Crippen LogP contribution in [0.4, 0.5) is 10.1 Å². The van der Waals surface area contributed by atoms with Crippen LogP contribution >= 0.6 is 0 Å². The summed E-state index contributed by atoms with van der Waals surface area (Å²) in [5.74, 6) is -2.50. The Morgan fingerprint density at radius 1 is 1.42 bits per heavy atom. The largest absolute Gasteiger partial charge is 0.481 e. The zero-order valence-corrected chi connectivity index (χ0v) is 11.0. The van der Waals surface area contributed by atoms with E-state index in [1.54, 1.807) is 0 Å². The highest BCUT2D eigenvalue weighted by molar-refractivity contribution is 5.91. The molecule has 0 aromatic heterocycles. The second kappa shape index (κ2) is 5.26. The van der Waals surface area contributed by atoms with Crippen LogP contribution in [0.1, 0.15) is 29.8 Å². The number of nitrogen functional groups attached to an aromatic ring is 1. The molecule has 0 saturated heterocycles. The monoisotopic (exact) mass is 269 g/mol. The molecular weight excluding hydrogens is 253 g/mol. The smallest absolute Gasteiger partial charge is 0.338 e. The highest BCUT2D eigenvalue weighted by Crippen LogP contribution is 2.20. The fraction of sp³-hybridized carbons (Fsp3) is 0.385. The quantitative estimate of drug-likeness (QED) is 0.644.